The van der Waals surface area contributed by atoms with Crippen LogP contribution in [0.2, 0.25) is 0 Å². The SMILES string of the molecule is CCCN(CC(=O)Nc1ccccc1OC)S(=O)(=O)c1ccc(OC)c(Br)c1. The first kappa shape index (κ1) is 22.2. The average Bonchev–Trinajstić information content (AvgIpc) is 2.68. The number of nitrogens with one attached hydrogen (secondary N) is 1. The molecule has 0 saturated carbocycles. The highest BCUT2D eigenvalue weighted by Crippen LogP contribution is 2.29. The number of hydrogen-bond acceptors (Lipinski definition) is 5. The number of nitrogens with zero attached hydrogens (tertiary/aromatic N) is 1. The van der Waals surface area contributed by atoms with Gasteiger partial charge in [0.25, 0.3) is 0 Å². The second-order valence-electron chi connectivity index (χ2n) is 5.88. The largest absolute Gasteiger partial charge is 0.496 e. The number of para-hydroxylation sites is 2. The molecule has 0 aliphatic rings. The number of rotatable bonds is 9. The van der Waals surface area contributed by atoms with Crippen LogP contribution < -0.4 is 14.8 Å². The Balaban J connectivity index is 2.23. The predicted molar refractivity (Wildman–Crippen MR) is 111 cm³/mol. The first-order valence-electron chi connectivity index (χ1n) is 8.60. The molecule has 1 amide bonds. The van der Waals surface area contributed by atoms with Crippen LogP contribution in [0, 0.1) is 0 Å². The van der Waals surface area contributed by atoms with Gasteiger partial charge in [-0.25, -0.2) is 8.42 Å². The first-order chi connectivity index (χ1) is 13.3. The minimum atomic E-state index is -3.86. The Morgan fingerprint density at radius 2 is 1.79 bits per heavy atom. The summed E-state index contributed by atoms with van der Waals surface area (Å²) in [6.07, 6.45) is 0.568. The maximum absolute atomic E-state index is 13.0. The van der Waals surface area contributed by atoms with Gasteiger partial charge >= 0.3 is 0 Å². The molecule has 2 aromatic carbocycles. The maximum Gasteiger partial charge on any atom is 0.243 e. The summed E-state index contributed by atoms with van der Waals surface area (Å²) in [7, 11) is -0.858. The molecule has 0 unspecified atom stereocenters. The molecule has 28 heavy (non-hydrogen) atoms. The molecule has 0 aliphatic carbocycles. The number of hydrogen-bond donors (Lipinski definition) is 1. The van der Waals surface area contributed by atoms with Crippen molar-refractivity contribution in [3.63, 3.8) is 0 Å². The second kappa shape index (κ2) is 9.90. The minimum absolute atomic E-state index is 0.0821. The average molecular weight is 471 g/mol. The summed E-state index contributed by atoms with van der Waals surface area (Å²) in [5.74, 6) is 0.573. The van der Waals surface area contributed by atoms with E-state index in [0.717, 1.165) is 4.31 Å². The standard InChI is InChI=1S/C19H23BrN2O5S/c1-4-11-22(13-19(23)21-16-7-5-6-8-18(16)27-3)28(24,25)14-9-10-17(26-2)15(20)12-14/h5-10,12H,4,11,13H2,1-3H3,(H,21,23). The van der Waals surface area contributed by atoms with E-state index >= 15 is 0 Å². The van der Waals surface area contributed by atoms with Gasteiger partial charge in [-0.15, -0.1) is 0 Å². The zero-order valence-electron chi connectivity index (χ0n) is 15.9. The number of ether oxygens (including phenoxy) is 2. The fourth-order valence-corrected chi connectivity index (χ4v) is 4.80. The zero-order valence-corrected chi connectivity index (χ0v) is 18.3. The molecule has 0 aliphatic heterocycles. The van der Waals surface area contributed by atoms with Gasteiger partial charge in [-0.2, -0.15) is 4.31 Å². The number of anilines is 1. The molecule has 0 atom stereocenters. The van der Waals surface area contributed by atoms with Crippen molar-refractivity contribution in [2.45, 2.75) is 18.2 Å². The van der Waals surface area contributed by atoms with E-state index in [4.69, 9.17) is 9.47 Å². The Morgan fingerprint density at radius 1 is 1.11 bits per heavy atom. The van der Waals surface area contributed by atoms with Gasteiger partial charge in [0.05, 0.1) is 35.8 Å². The summed E-state index contributed by atoms with van der Waals surface area (Å²) >= 11 is 3.30. The Labute approximate surface area is 173 Å². The summed E-state index contributed by atoms with van der Waals surface area (Å²) in [6.45, 7) is 1.76. The molecule has 1 N–H and O–H groups in total. The number of carbonyl (C=O) groups excluding carboxylic acids is 1. The summed E-state index contributed by atoms with van der Waals surface area (Å²) in [5, 5.41) is 2.70. The molecule has 9 heteroatoms. The van der Waals surface area contributed by atoms with Crippen LogP contribution in [0.4, 0.5) is 5.69 Å². The van der Waals surface area contributed by atoms with E-state index in [1.165, 1.54) is 26.4 Å². The van der Waals surface area contributed by atoms with E-state index in [0.29, 0.717) is 28.1 Å². The van der Waals surface area contributed by atoms with Crippen LogP contribution in [-0.2, 0) is 14.8 Å². The number of halogens is 1. The van der Waals surface area contributed by atoms with Crippen molar-refractivity contribution >= 4 is 37.5 Å². The fourth-order valence-electron chi connectivity index (χ4n) is 2.59. The molecule has 0 radical (unpaired) electrons. The Kier molecular flexibility index (Phi) is 7.85. The number of methoxy groups -OCH3 is 2. The smallest absolute Gasteiger partial charge is 0.243 e. The lowest BCUT2D eigenvalue weighted by Gasteiger charge is -2.22. The lowest BCUT2D eigenvalue weighted by atomic mass is 10.3. The Hall–Kier alpha value is -2.10. The molecule has 2 aromatic rings. The van der Waals surface area contributed by atoms with Gasteiger partial charge in [-0.05, 0) is 52.7 Å². The highest BCUT2D eigenvalue weighted by Gasteiger charge is 2.27. The normalized spacial score (nSPS) is 11.3. The Morgan fingerprint density at radius 3 is 2.39 bits per heavy atom. The lowest BCUT2D eigenvalue weighted by molar-refractivity contribution is -0.116. The molecule has 2 rings (SSSR count). The van der Waals surface area contributed by atoms with E-state index < -0.39 is 15.9 Å². The van der Waals surface area contributed by atoms with Gasteiger partial charge in [0.1, 0.15) is 11.5 Å². The van der Waals surface area contributed by atoms with E-state index in [1.54, 1.807) is 30.3 Å². The van der Waals surface area contributed by atoms with Crippen LogP contribution in [0.5, 0.6) is 11.5 Å². The summed E-state index contributed by atoms with van der Waals surface area (Å²) in [5.41, 5.74) is 0.482. The van der Waals surface area contributed by atoms with E-state index in [2.05, 4.69) is 21.2 Å². The van der Waals surface area contributed by atoms with Gasteiger partial charge in [0, 0.05) is 6.54 Å². The van der Waals surface area contributed by atoms with E-state index in [-0.39, 0.29) is 18.0 Å². The molecule has 0 spiro atoms. The zero-order chi connectivity index (χ0) is 20.7. The molecule has 7 nitrogen and oxygen atoms in total. The number of carbonyl (C=O) groups is 1. The molecular formula is C19H23BrN2O5S. The number of amides is 1. The highest BCUT2D eigenvalue weighted by atomic mass is 79.9. The van der Waals surface area contributed by atoms with Gasteiger partial charge in [-0.1, -0.05) is 19.1 Å². The van der Waals surface area contributed by atoms with E-state index in [9.17, 15) is 13.2 Å². The van der Waals surface area contributed by atoms with Gasteiger partial charge in [-0.3, -0.25) is 4.79 Å². The summed E-state index contributed by atoms with van der Waals surface area (Å²) < 4.78 is 38.1. The van der Waals surface area contributed by atoms with Crippen molar-refractivity contribution in [1.82, 2.24) is 4.31 Å². The number of benzene rings is 2. The van der Waals surface area contributed by atoms with Crippen molar-refractivity contribution in [3.05, 3.63) is 46.9 Å². The molecule has 0 aromatic heterocycles. The third kappa shape index (κ3) is 5.24. The topological polar surface area (TPSA) is 84.9 Å². The van der Waals surface area contributed by atoms with Gasteiger partial charge in [0.15, 0.2) is 0 Å². The second-order valence-corrected chi connectivity index (χ2v) is 8.68. The van der Waals surface area contributed by atoms with Crippen molar-refractivity contribution in [3.8, 4) is 11.5 Å². The van der Waals surface area contributed by atoms with Gasteiger partial charge < -0.3 is 14.8 Å². The molecule has 0 saturated heterocycles. The van der Waals surface area contributed by atoms with Crippen LogP contribution in [-0.4, -0.2) is 45.9 Å². The first-order valence-corrected chi connectivity index (χ1v) is 10.8. The third-order valence-electron chi connectivity index (χ3n) is 3.94. The van der Waals surface area contributed by atoms with Crippen LogP contribution in [0.15, 0.2) is 51.8 Å². The summed E-state index contributed by atoms with van der Waals surface area (Å²) in [4.78, 5) is 12.6. The minimum Gasteiger partial charge on any atom is -0.496 e. The summed E-state index contributed by atoms with van der Waals surface area (Å²) in [6, 6.07) is 11.4. The van der Waals surface area contributed by atoms with Crippen LogP contribution >= 0.6 is 15.9 Å². The Bertz CT molecular complexity index is 934. The fraction of sp³-hybridized carbons (Fsp3) is 0.316. The molecular weight excluding hydrogens is 448 g/mol. The van der Waals surface area contributed by atoms with Crippen molar-refractivity contribution in [2.24, 2.45) is 0 Å². The van der Waals surface area contributed by atoms with Crippen LogP contribution in [0.1, 0.15) is 13.3 Å². The number of sulfonamides is 1. The highest BCUT2D eigenvalue weighted by molar-refractivity contribution is 9.10. The van der Waals surface area contributed by atoms with Crippen LogP contribution in [0.25, 0.3) is 0 Å². The molecule has 0 heterocycles. The van der Waals surface area contributed by atoms with Crippen molar-refractivity contribution in [1.29, 1.82) is 0 Å². The van der Waals surface area contributed by atoms with Gasteiger partial charge in [0.2, 0.25) is 15.9 Å². The molecule has 0 bridgehead atoms. The quantitative estimate of drug-likeness (QED) is 0.605. The van der Waals surface area contributed by atoms with E-state index in [1.807, 2.05) is 6.92 Å². The maximum atomic E-state index is 13.0. The van der Waals surface area contributed by atoms with Crippen molar-refractivity contribution < 1.29 is 22.7 Å². The predicted octanol–water partition coefficient (Wildman–Crippen LogP) is 3.51. The van der Waals surface area contributed by atoms with Crippen molar-refractivity contribution in [2.75, 3.05) is 32.6 Å². The lowest BCUT2D eigenvalue weighted by Crippen LogP contribution is -2.38. The third-order valence-corrected chi connectivity index (χ3v) is 6.40. The monoisotopic (exact) mass is 470 g/mol. The van der Waals surface area contributed by atoms with Crippen LogP contribution in [0.3, 0.4) is 0 Å². The molecule has 0 fully saturated rings. The molecule has 152 valence electrons.